The van der Waals surface area contributed by atoms with Crippen LogP contribution in [-0.4, -0.2) is 75.0 Å². The fraction of sp³-hybridized carbons (Fsp3) is 0.314. The lowest BCUT2D eigenvalue weighted by Crippen LogP contribution is -2.60. The number of aliphatic imine (C=N–C) groups is 1. The summed E-state index contributed by atoms with van der Waals surface area (Å²) in [6, 6.07) is 15.2. The van der Waals surface area contributed by atoms with Crippen molar-refractivity contribution >= 4 is 40.1 Å². The van der Waals surface area contributed by atoms with Crippen LogP contribution >= 0.6 is 11.8 Å². The van der Waals surface area contributed by atoms with Gasteiger partial charge in [-0.05, 0) is 61.2 Å². The highest BCUT2D eigenvalue weighted by Gasteiger charge is 2.44. The highest BCUT2D eigenvalue weighted by molar-refractivity contribution is 7.99. The third kappa shape index (κ3) is 5.37. The highest BCUT2D eigenvalue weighted by Crippen LogP contribution is 2.52. The van der Waals surface area contributed by atoms with E-state index in [0.717, 1.165) is 29.1 Å². The molecular weight excluding hydrogens is 630 g/mol. The SMILES string of the molecule is C=CC(=O)N1[C@H](C)CN(C2=NC(O)N3CC(n4ccc5ccccc54)CSc4c(-c5ccc(F)cc5)c(C(F)(F)F)cc2c43)C[C@@H]1C. The maximum Gasteiger partial charge on any atom is 0.417 e. The molecule has 3 aliphatic rings. The van der Waals surface area contributed by atoms with Gasteiger partial charge < -0.3 is 24.4 Å². The van der Waals surface area contributed by atoms with Crippen LogP contribution < -0.4 is 4.90 Å². The summed E-state index contributed by atoms with van der Waals surface area (Å²) in [7, 11) is 0. The molecule has 1 amide bonds. The van der Waals surface area contributed by atoms with E-state index in [2.05, 4.69) is 16.1 Å². The van der Waals surface area contributed by atoms with Crippen LogP contribution in [0.4, 0.5) is 23.2 Å². The molecule has 12 heteroatoms. The molecule has 1 saturated heterocycles. The van der Waals surface area contributed by atoms with Gasteiger partial charge in [0.15, 0.2) is 0 Å². The molecule has 4 heterocycles. The van der Waals surface area contributed by atoms with Gasteiger partial charge in [0.25, 0.3) is 0 Å². The Morgan fingerprint density at radius 1 is 1.04 bits per heavy atom. The number of halogens is 4. The number of fused-ring (bicyclic) bond motifs is 1. The molecular formula is C35H33F4N5O2S. The highest BCUT2D eigenvalue weighted by atomic mass is 32.2. The number of carbonyl (C=O) groups excluding carboxylic acids is 1. The predicted octanol–water partition coefficient (Wildman–Crippen LogP) is 6.76. The summed E-state index contributed by atoms with van der Waals surface area (Å²) < 4.78 is 61.4. The molecule has 4 atom stereocenters. The zero-order valence-electron chi connectivity index (χ0n) is 25.8. The number of piperazine rings is 1. The Morgan fingerprint density at radius 3 is 2.43 bits per heavy atom. The molecule has 1 N–H and O–H groups in total. The number of carbonyl (C=O) groups is 1. The van der Waals surface area contributed by atoms with Crippen molar-refractivity contribution in [2.75, 3.05) is 30.3 Å². The Labute approximate surface area is 273 Å². The molecule has 7 rings (SSSR count). The monoisotopic (exact) mass is 663 g/mol. The standard InChI is InChI=1S/C35H33F4N5O2S/c1-4-29(45)44-20(2)16-41(17-21(44)3)33-26-15-27(35(37,38)39)30(23-9-11-24(36)12-10-23)32-31(26)43(34(46)40-33)18-25(19-47-32)42-14-13-22-7-5-6-8-28(22)42/h4-15,20-21,25,34,46H,1,16-19H2,2-3H3/t20-,21+,25?,34?. The van der Waals surface area contributed by atoms with Crippen molar-refractivity contribution in [1.29, 1.82) is 0 Å². The van der Waals surface area contributed by atoms with Crippen molar-refractivity contribution in [1.82, 2.24) is 14.4 Å². The lowest BCUT2D eigenvalue weighted by atomic mass is 9.93. The fourth-order valence-electron chi connectivity index (χ4n) is 7.26. The fourth-order valence-corrected chi connectivity index (χ4v) is 8.62. The Hall–Kier alpha value is -4.29. The number of amides is 1. The van der Waals surface area contributed by atoms with Gasteiger partial charge in [0.1, 0.15) is 11.7 Å². The number of aromatic nitrogens is 1. The minimum absolute atomic E-state index is 0.0548. The van der Waals surface area contributed by atoms with Crippen molar-refractivity contribution in [3.8, 4) is 11.1 Å². The van der Waals surface area contributed by atoms with E-state index in [0.29, 0.717) is 29.4 Å². The van der Waals surface area contributed by atoms with Crippen LogP contribution in [0.5, 0.6) is 0 Å². The predicted molar refractivity (Wildman–Crippen MR) is 176 cm³/mol. The number of hydrogen-bond donors (Lipinski definition) is 1. The number of alkyl halides is 3. The van der Waals surface area contributed by atoms with E-state index in [1.165, 1.54) is 30.0 Å². The molecule has 1 fully saturated rings. The molecule has 7 nitrogen and oxygen atoms in total. The topological polar surface area (TPSA) is 64.3 Å². The normalized spacial score (nSPS) is 23.0. The average Bonchev–Trinajstić information content (AvgIpc) is 3.36. The van der Waals surface area contributed by atoms with E-state index in [1.54, 1.807) is 9.80 Å². The van der Waals surface area contributed by atoms with Crippen LogP contribution in [0.25, 0.3) is 22.0 Å². The van der Waals surface area contributed by atoms with Crippen LogP contribution in [0.3, 0.4) is 0 Å². The van der Waals surface area contributed by atoms with E-state index in [4.69, 9.17) is 0 Å². The molecule has 4 aromatic rings. The zero-order chi connectivity index (χ0) is 33.2. The summed E-state index contributed by atoms with van der Waals surface area (Å²) in [4.78, 5) is 22.9. The third-order valence-electron chi connectivity index (χ3n) is 9.24. The minimum Gasteiger partial charge on any atom is -0.355 e. The number of rotatable bonds is 3. The summed E-state index contributed by atoms with van der Waals surface area (Å²) in [6.45, 7) is 8.24. The maximum absolute atomic E-state index is 15.1. The Balaban J connectivity index is 1.42. The number of aliphatic hydroxyl groups is 1. The first-order valence-corrected chi connectivity index (χ1v) is 16.4. The number of para-hydroxylation sites is 1. The molecule has 244 valence electrons. The number of thioether (sulfide) groups is 1. The van der Waals surface area contributed by atoms with Crippen molar-refractivity contribution in [3.63, 3.8) is 0 Å². The van der Waals surface area contributed by atoms with E-state index in [1.807, 2.05) is 55.3 Å². The zero-order valence-corrected chi connectivity index (χ0v) is 26.6. The van der Waals surface area contributed by atoms with Gasteiger partial charge in [0, 0.05) is 65.2 Å². The Morgan fingerprint density at radius 2 is 1.74 bits per heavy atom. The van der Waals surface area contributed by atoms with Gasteiger partial charge >= 0.3 is 6.18 Å². The Kier molecular flexibility index (Phi) is 7.83. The van der Waals surface area contributed by atoms with E-state index >= 15 is 13.2 Å². The number of amidine groups is 1. The summed E-state index contributed by atoms with van der Waals surface area (Å²) in [5.41, 5.74) is 1.01. The Bertz CT molecular complexity index is 1890. The second kappa shape index (κ2) is 11.7. The number of hydrogen-bond acceptors (Lipinski definition) is 6. The van der Waals surface area contributed by atoms with E-state index in [9.17, 15) is 14.3 Å². The van der Waals surface area contributed by atoms with Crippen LogP contribution in [-0.2, 0) is 11.0 Å². The van der Waals surface area contributed by atoms with Gasteiger partial charge in [-0.15, -0.1) is 11.8 Å². The lowest BCUT2D eigenvalue weighted by molar-refractivity contribution is -0.137. The van der Waals surface area contributed by atoms with Crippen LogP contribution in [0.15, 0.2) is 89.4 Å². The van der Waals surface area contributed by atoms with Crippen molar-refractivity contribution in [2.24, 2.45) is 4.99 Å². The van der Waals surface area contributed by atoms with E-state index < -0.39 is 23.9 Å². The minimum atomic E-state index is -4.75. The van der Waals surface area contributed by atoms with Crippen LogP contribution in [0.1, 0.15) is 31.0 Å². The van der Waals surface area contributed by atoms with Gasteiger partial charge in [-0.25, -0.2) is 9.38 Å². The molecule has 1 aromatic heterocycles. The average molecular weight is 664 g/mol. The second-order valence-electron chi connectivity index (χ2n) is 12.3. The van der Waals surface area contributed by atoms with Gasteiger partial charge in [-0.2, -0.15) is 13.2 Å². The number of benzene rings is 3. The number of aliphatic hydroxyl groups excluding tert-OH is 1. The molecule has 3 aliphatic heterocycles. The van der Waals surface area contributed by atoms with Crippen molar-refractivity contribution < 1.29 is 27.5 Å². The van der Waals surface area contributed by atoms with Gasteiger partial charge in [0.05, 0.1) is 17.3 Å². The lowest BCUT2D eigenvalue weighted by Gasteiger charge is -2.47. The van der Waals surface area contributed by atoms with Crippen LogP contribution in [0.2, 0.25) is 0 Å². The third-order valence-corrected chi connectivity index (χ3v) is 10.5. The molecule has 0 radical (unpaired) electrons. The second-order valence-corrected chi connectivity index (χ2v) is 13.3. The molecule has 2 unspecified atom stereocenters. The summed E-state index contributed by atoms with van der Waals surface area (Å²) in [5.74, 6) is -0.119. The molecule has 0 spiro atoms. The number of anilines is 1. The quantitative estimate of drug-likeness (QED) is 0.194. The number of nitrogens with zero attached hydrogens (tertiary/aromatic N) is 5. The van der Waals surface area contributed by atoms with Crippen molar-refractivity contribution in [3.05, 3.63) is 96.5 Å². The first kappa shape index (κ1) is 31.3. The van der Waals surface area contributed by atoms with Gasteiger partial charge in [-0.3, -0.25) is 4.79 Å². The molecule has 0 bridgehead atoms. The molecule has 3 aromatic carbocycles. The molecule has 0 saturated carbocycles. The first-order valence-electron chi connectivity index (χ1n) is 15.4. The summed E-state index contributed by atoms with van der Waals surface area (Å²) in [6.07, 6.45) is -2.91. The largest absolute Gasteiger partial charge is 0.417 e. The summed E-state index contributed by atoms with van der Waals surface area (Å²) in [5, 5.41) is 12.7. The van der Waals surface area contributed by atoms with Gasteiger partial charge in [0.2, 0.25) is 12.3 Å². The smallest absolute Gasteiger partial charge is 0.355 e. The van der Waals surface area contributed by atoms with Crippen molar-refractivity contribution in [2.45, 2.75) is 49.4 Å². The molecule has 0 aliphatic carbocycles. The van der Waals surface area contributed by atoms with E-state index in [-0.39, 0.29) is 53.1 Å². The van der Waals surface area contributed by atoms with Gasteiger partial charge in [-0.1, -0.05) is 36.9 Å². The maximum atomic E-state index is 15.1. The summed E-state index contributed by atoms with van der Waals surface area (Å²) >= 11 is 1.30. The van der Waals surface area contributed by atoms with Crippen LogP contribution in [0, 0.1) is 5.82 Å². The molecule has 47 heavy (non-hydrogen) atoms. The first-order chi connectivity index (χ1) is 22.5.